The van der Waals surface area contributed by atoms with Crippen LogP contribution in [0.4, 0.5) is 0 Å². The van der Waals surface area contributed by atoms with E-state index in [9.17, 15) is 10.2 Å². The molecule has 2 heteroatoms. The maximum Gasteiger partial charge on any atom is 0.0725 e. The fourth-order valence-corrected chi connectivity index (χ4v) is 1.52. The Morgan fingerprint density at radius 2 is 1.64 bits per heavy atom. The average Bonchev–Trinajstić information content (AvgIpc) is 2.23. The van der Waals surface area contributed by atoms with Crippen LogP contribution in [0.5, 0.6) is 0 Å². The first kappa shape index (κ1) is 13.5. The Morgan fingerprint density at radius 3 is 2.00 bits per heavy atom. The molecule has 0 heterocycles. The minimum Gasteiger partial charge on any atom is -0.392 e. The van der Waals surface area contributed by atoms with Crippen LogP contribution in [0.15, 0.2) is 0 Å². The molecule has 0 rings (SSSR count). The van der Waals surface area contributed by atoms with E-state index >= 15 is 0 Å². The van der Waals surface area contributed by atoms with Gasteiger partial charge in [-0.05, 0) is 12.8 Å². The lowest BCUT2D eigenvalue weighted by Crippen LogP contribution is -2.37. The molecule has 0 saturated carbocycles. The van der Waals surface area contributed by atoms with Gasteiger partial charge in [0.15, 0.2) is 0 Å². The molecule has 0 unspecified atom stereocenters. The molecule has 0 bridgehead atoms. The second kappa shape index (κ2) is 6.06. The zero-order chi connectivity index (χ0) is 11.3. The number of terminal acetylenes is 1. The van der Waals surface area contributed by atoms with Crippen LogP contribution in [0.3, 0.4) is 0 Å². The third-order valence-electron chi connectivity index (χ3n) is 3.08. The van der Waals surface area contributed by atoms with Crippen LogP contribution in [0.25, 0.3) is 0 Å². The van der Waals surface area contributed by atoms with Gasteiger partial charge in [-0.3, -0.25) is 0 Å². The summed E-state index contributed by atoms with van der Waals surface area (Å²) in [7, 11) is 0. The van der Waals surface area contributed by atoms with E-state index in [0.717, 1.165) is 6.42 Å². The highest BCUT2D eigenvalue weighted by molar-refractivity contribution is 4.96. The van der Waals surface area contributed by atoms with E-state index in [4.69, 9.17) is 6.42 Å². The van der Waals surface area contributed by atoms with Gasteiger partial charge >= 0.3 is 0 Å². The van der Waals surface area contributed by atoms with Crippen LogP contribution in [0.1, 0.15) is 34.1 Å². The summed E-state index contributed by atoms with van der Waals surface area (Å²) in [4.78, 5) is 0. The number of hydrogen-bond acceptors (Lipinski definition) is 2. The quantitative estimate of drug-likeness (QED) is 0.660. The van der Waals surface area contributed by atoms with E-state index < -0.39 is 12.2 Å². The molecule has 0 spiro atoms. The Morgan fingerprint density at radius 1 is 1.14 bits per heavy atom. The van der Waals surface area contributed by atoms with Gasteiger partial charge in [0.1, 0.15) is 0 Å². The fourth-order valence-electron chi connectivity index (χ4n) is 1.52. The third-order valence-corrected chi connectivity index (χ3v) is 3.08. The molecule has 0 aliphatic carbocycles. The van der Waals surface area contributed by atoms with E-state index in [0.29, 0.717) is 0 Å². The summed E-state index contributed by atoms with van der Waals surface area (Å²) in [6.45, 7) is 7.64. The molecule has 14 heavy (non-hydrogen) atoms. The van der Waals surface area contributed by atoms with E-state index in [2.05, 4.69) is 5.92 Å². The first-order chi connectivity index (χ1) is 6.45. The van der Waals surface area contributed by atoms with Gasteiger partial charge < -0.3 is 10.2 Å². The molecular weight excluding hydrogens is 176 g/mol. The van der Waals surface area contributed by atoms with Crippen LogP contribution in [0.2, 0.25) is 0 Å². The molecule has 0 aliphatic heterocycles. The van der Waals surface area contributed by atoms with Gasteiger partial charge in [-0.25, -0.2) is 0 Å². The van der Waals surface area contributed by atoms with E-state index in [1.54, 1.807) is 6.92 Å². The highest BCUT2D eigenvalue weighted by Gasteiger charge is 2.28. The van der Waals surface area contributed by atoms with Crippen molar-refractivity contribution in [3.8, 4) is 12.3 Å². The molecule has 0 saturated heterocycles. The van der Waals surface area contributed by atoms with Crippen molar-refractivity contribution in [2.75, 3.05) is 0 Å². The predicted molar refractivity (Wildman–Crippen MR) is 58.6 cm³/mol. The normalized spacial score (nSPS) is 21.8. The topological polar surface area (TPSA) is 40.5 Å². The van der Waals surface area contributed by atoms with Gasteiger partial charge in [-0.1, -0.05) is 27.2 Å². The van der Waals surface area contributed by atoms with Gasteiger partial charge in [-0.15, -0.1) is 12.3 Å². The van der Waals surface area contributed by atoms with Gasteiger partial charge in [0, 0.05) is 11.8 Å². The van der Waals surface area contributed by atoms with Crippen molar-refractivity contribution in [2.45, 2.75) is 46.3 Å². The van der Waals surface area contributed by atoms with Crippen LogP contribution in [0, 0.1) is 30.1 Å². The Balaban J connectivity index is 4.31. The highest BCUT2D eigenvalue weighted by atomic mass is 16.3. The first-order valence-corrected chi connectivity index (χ1v) is 5.27. The van der Waals surface area contributed by atoms with Crippen molar-refractivity contribution in [1.29, 1.82) is 0 Å². The maximum atomic E-state index is 9.87. The van der Waals surface area contributed by atoms with Gasteiger partial charge in [-0.2, -0.15) is 0 Å². The molecule has 0 aliphatic rings. The molecule has 82 valence electrons. The molecule has 0 aromatic carbocycles. The van der Waals surface area contributed by atoms with Crippen LogP contribution in [-0.2, 0) is 0 Å². The molecule has 0 radical (unpaired) electrons. The highest BCUT2D eigenvalue weighted by Crippen LogP contribution is 2.22. The van der Waals surface area contributed by atoms with Gasteiger partial charge in [0.2, 0.25) is 0 Å². The summed E-state index contributed by atoms with van der Waals surface area (Å²) < 4.78 is 0. The number of hydrogen-bond donors (Lipinski definition) is 2. The molecular formula is C12H22O2. The molecule has 0 amide bonds. The Labute approximate surface area is 87.3 Å². The minimum atomic E-state index is -0.621. The Hall–Kier alpha value is -0.520. The van der Waals surface area contributed by atoms with Crippen LogP contribution in [-0.4, -0.2) is 22.4 Å². The van der Waals surface area contributed by atoms with E-state index in [1.807, 2.05) is 20.8 Å². The van der Waals surface area contributed by atoms with Crippen molar-refractivity contribution in [1.82, 2.24) is 0 Å². The second-order valence-corrected chi connectivity index (χ2v) is 4.18. The summed E-state index contributed by atoms with van der Waals surface area (Å²) >= 11 is 0. The van der Waals surface area contributed by atoms with Crippen molar-refractivity contribution in [3.63, 3.8) is 0 Å². The Kier molecular flexibility index (Phi) is 5.83. The average molecular weight is 198 g/mol. The fraction of sp³-hybridized carbons (Fsp3) is 0.833. The number of aliphatic hydroxyl groups excluding tert-OH is 2. The monoisotopic (exact) mass is 198 g/mol. The van der Waals surface area contributed by atoms with E-state index in [-0.39, 0.29) is 17.8 Å². The van der Waals surface area contributed by atoms with Crippen molar-refractivity contribution < 1.29 is 10.2 Å². The number of rotatable bonds is 5. The lowest BCUT2D eigenvalue weighted by Gasteiger charge is -2.29. The lowest BCUT2D eigenvalue weighted by atomic mass is 9.84. The first-order valence-electron chi connectivity index (χ1n) is 5.27. The molecule has 0 fully saturated rings. The largest absolute Gasteiger partial charge is 0.392 e. The molecule has 5 atom stereocenters. The third kappa shape index (κ3) is 3.32. The molecule has 2 nitrogen and oxygen atoms in total. The van der Waals surface area contributed by atoms with Gasteiger partial charge in [0.05, 0.1) is 12.2 Å². The van der Waals surface area contributed by atoms with E-state index in [1.165, 1.54) is 0 Å². The summed E-state index contributed by atoms with van der Waals surface area (Å²) in [5, 5.41) is 19.7. The zero-order valence-electron chi connectivity index (χ0n) is 9.57. The van der Waals surface area contributed by atoms with Crippen molar-refractivity contribution in [3.05, 3.63) is 0 Å². The summed E-state index contributed by atoms with van der Waals surface area (Å²) in [6, 6.07) is 0. The summed E-state index contributed by atoms with van der Waals surface area (Å²) in [6.07, 6.45) is 5.03. The smallest absolute Gasteiger partial charge is 0.0725 e. The Bertz CT molecular complexity index is 195. The van der Waals surface area contributed by atoms with Crippen LogP contribution < -0.4 is 0 Å². The van der Waals surface area contributed by atoms with Crippen molar-refractivity contribution in [2.24, 2.45) is 17.8 Å². The molecule has 0 aromatic rings. The number of aliphatic hydroxyl groups is 2. The lowest BCUT2D eigenvalue weighted by molar-refractivity contribution is -0.0193. The maximum absolute atomic E-state index is 9.87. The predicted octanol–water partition coefficient (Wildman–Crippen LogP) is 1.66. The molecule has 2 N–H and O–H groups in total. The zero-order valence-corrected chi connectivity index (χ0v) is 9.57. The van der Waals surface area contributed by atoms with Crippen LogP contribution >= 0.6 is 0 Å². The standard InChI is InChI=1S/C12H22O2/c1-6-8(3)11(13)10(5)12(14)9(4)7-2/h1,8-14H,7H2,2-5H3/t8-,9-,10-,11-,12-/m1/s1. The second-order valence-electron chi connectivity index (χ2n) is 4.18. The molecule has 0 aromatic heterocycles. The SMILES string of the molecule is C#C[C@@H](C)[C@@H](O)[C@@H](C)[C@H](O)[C@H](C)CC. The van der Waals surface area contributed by atoms with Crippen molar-refractivity contribution >= 4 is 0 Å². The summed E-state index contributed by atoms with van der Waals surface area (Å²) in [5.74, 6) is 2.32. The minimum absolute atomic E-state index is 0.170. The van der Waals surface area contributed by atoms with Gasteiger partial charge in [0.25, 0.3) is 0 Å². The summed E-state index contributed by atoms with van der Waals surface area (Å²) in [5.41, 5.74) is 0.